The summed E-state index contributed by atoms with van der Waals surface area (Å²) in [7, 11) is 0. The molecule has 3 heteroatoms. The van der Waals surface area contributed by atoms with Crippen molar-refractivity contribution in [1.29, 1.82) is 0 Å². The van der Waals surface area contributed by atoms with E-state index >= 15 is 0 Å². The molecule has 0 spiro atoms. The predicted octanol–water partition coefficient (Wildman–Crippen LogP) is 2.69. The summed E-state index contributed by atoms with van der Waals surface area (Å²) in [6.45, 7) is 3.69. The molecular weight excluding hydrogens is 226 g/mol. The van der Waals surface area contributed by atoms with Gasteiger partial charge in [0, 0.05) is 19.1 Å². The molecule has 0 bridgehead atoms. The maximum Gasteiger partial charge on any atom is 0.304 e. The van der Waals surface area contributed by atoms with Gasteiger partial charge in [0.15, 0.2) is 0 Å². The van der Waals surface area contributed by atoms with Crippen LogP contribution in [0.2, 0.25) is 0 Å². The summed E-state index contributed by atoms with van der Waals surface area (Å²) in [5.74, 6) is -0.706. The van der Waals surface area contributed by atoms with E-state index in [1.54, 1.807) is 0 Å². The molecule has 0 unspecified atom stereocenters. The Balaban J connectivity index is 1.92. The molecule has 0 saturated heterocycles. The number of aryl methyl sites for hydroxylation is 1. The topological polar surface area (TPSA) is 40.5 Å². The van der Waals surface area contributed by atoms with E-state index in [0.717, 1.165) is 13.0 Å². The van der Waals surface area contributed by atoms with Crippen LogP contribution in [0.1, 0.15) is 37.3 Å². The van der Waals surface area contributed by atoms with E-state index in [0.29, 0.717) is 12.6 Å². The van der Waals surface area contributed by atoms with Gasteiger partial charge in [-0.05, 0) is 30.4 Å². The minimum absolute atomic E-state index is 0.240. The molecule has 2 rings (SSSR count). The van der Waals surface area contributed by atoms with E-state index in [9.17, 15) is 4.79 Å². The number of hydrogen-bond acceptors (Lipinski definition) is 2. The van der Waals surface area contributed by atoms with Gasteiger partial charge in [0.25, 0.3) is 0 Å². The smallest absolute Gasteiger partial charge is 0.304 e. The highest BCUT2D eigenvalue weighted by molar-refractivity contribution is 5.66. The van der Waals surface area contributed by atoms with Gasteiger partial charge in [-0.3, -0.25) is 9.69 Å². The lowest BCUT2D eigenvalue weighted by Crippen LogP contribution is -2.28. The molecule has 1 N–H and O–H groups in total. The van der Waals surface area contributed by atoms with E-state index in [2.05, 4.69) is 36.1 Å². The fourth-order valence-electron chi connectivity index (χ4n) is 2.18. The lowest BCUT2D eigenvalue weighted by Gasteiger charge is -2.21. The third-order valence-corrected chi connectivity index (χ3v) is 3.49. The highest BCUT2D eigenvalue weighted by atomic mass is 16.4. The molecule has 0 aliphatic heterocycles. The van der Waals surface area contributed by atoms with Crippen LogP contribution in [0.5, 0.6) is 0 Å². The van der Waals surface area contributed by atoms with Gasteiger partial charge in [-0.15, -0.1) is 0 Å². The van der Waals surface area contributed by atoms with E-state index in [4.69, 9.17) is 5.11 Å². The molecule has 1 saturated carbocycles. The zero-order chi connectivity index (χ0) is 13.0. The van der Waals surface area contributed by atoms with Gasteiger partial charge in [-0.25, -0.2) is 0 Å². The summed E-state index contributed by atoms with van der Waals surface area (Å²) in [6.07, 6.45) is 3.73. The molecular formula is C15H21NO2. The van der Waals surface area contributed by atoms with E-state index in [1.807, 2.05) is 0 Å². The van der Waals surface area contributed by atoms with Crippen LogP contribution in [0.3, 0.4) is 0 Å². The van der Waals surface area contributed by atoms with Crippen LogP contribution < -0.4 is 0 Å². The van der Waals surface area contributed by atoms with Gasteiger partial charge < -0.3 is 5.11 Å². The van der Waals surface area contributed by atoms with Crippen molar-refractivity contribution in [2.45, 2.75) is 45.2 Å². The molecule has 1 fully saturated rings. The third kappa shape index (κ3) is 3.84. The predicted molar refractivity (Wildman–Crippen MR) is 71.5 cm³/mol. The van der Waals surface area contributed by atoms with Gasteiger partial charge in [0.1, 0.15) is 0 Å². The van der Waals surface area contributed by atoms with E-state index in [-0.39, 0.29) is 6.42 Å². The largest absolute Gasteiger partial charge is 0.481 e. The van der Waals surface area contributed by atoms with Crippen molar-refractivity contribution in [2.75, 3.05) is 6.54 Å². The molecule has 1 aromatic carbocycles. The van der Waals surface area contributed by atoms with Crippen molar-refractivity contribution in [3.63, 3.8) is 0 Å². The molecule has 1 aliphatic carbocycles. The summed E-state index contributed by atoms with van der Waals surface area (Å²) >= 11 is 0. The average Bonchev–Trinajstić information content (AvgIpc) is 3.19. The maximum atomic E-state index is 10.7. The zero-order valence-corrected chi connectivity index (χ0v) is 10.9. The van der Waals surface area contributed by atoms with Crippen LogP contribution >= 0.6 is 0 Å². The van der Waals surface area contributed by atoms with Gasteiger partial charge in [-0.2, -0.15) is 0 Å². The van der Waals surface area contributed by atoms with Crippen molar-refractivity contribution in [1.82, 2.24) is 4.90 Å². The number of carboxylic acid groups (broad SMARTS) is 1. The molecule has 98 valence electrons. The van der Waals surface area contributed by atoms with Crippen LogP contribution in [0.25, 0.3) is 0 Å². The second kappa shape index (κ2) is 6.01. The Hall–Kier alpha value is -1.35. The van der Waals surface area contributed by atoms with Gasteiger partial charge in [0.2, 0.25) is 0 Å². The molecule has 18 heavy (non-hydrogen) atoms. The Morgan fingerprint density at radius 3 is 2.39 bits per heavy atom. The standard InChI is InChI=1S/C15H21NO2/c1-2-12-3-5-13(6-4-12)11-16(14-7-8-14)10-9-15(17)18/h3-6,14H,2,7-11H2,1H3,(H,17,18). The summed E-state index contributed by atoms with van der Waals surface area (Å²) in [6, 6.07) is 9.26. The molecule has 3 nitrogen and oxygen atoms in total. The molecule has 1 aromatic rings. The van der Waals surface area contributed by atoms with Crippen LogP contribution in [-0.2, 0) is 17.8 Å². The Labute approximate surface area is 108 Å². The highest BCUT2D eigenvalue weighted by Crippen LogP contribution is 2.28. The van der Waals surface area contributed by atoms with Crippen molar-refractivity contribution in [3.05, 3.63) is 35.4 Å². The first-order valence-corrected chi connectivity index (χ1v) is 6.72. The molecule has 0 amide bonds. The quantitative estimate of drug-likeness (QED) is 0.805. The van der Waals surface area contributed by atoms with Crippen molar-refractivity contribution in [2.24, 2.45) is 0 Å². The Kier molecular flexibility index (Phi) is 4.37. The molecule has 0 heterocycles. The monoisotopic (exact) mass is 247 g/mol. The minimum Gasteiger partial charge on any atom is -0.481 e. The van der Waals surface area contributed by atoms with Crippen LogP contribution in [0.15, 0.2) is 24.3 Å². The lowest BCUT2D eigenvalue weighted by molar-refractivity contribution is -0.137. The van der Waals surface area contributed by atoms with E-state index < -0.39 is 5.97 Å². The summed E-state index contributed by atoms with van der Waals surface area (Å²) in [4.78, 5) is 13.0. The SMILES string of the molecule is CCc1ccc(CN(CCC(=O)O)C2CC2)cc1. The number of carbonyl (C=O) groups is 1. The summed E-state index contributed by atoms with van der Waals surface area (Å²) in [5.41, 5.74) is 2.63. The van der Waals surface area contributed by atoms with E-state index in [1.165, 1.54) is 24.0 Å². The molecule has 0 aromatic heterocycles. The highest BCUT2D eigenvalue weighted by Gasteiger charge is 2.28. The minimum atomic E-state index is -0.706. The third-order valence-electron chi connectivity index (χ3n) is 3.49. The van der Waals surface area contributed by atoms with Gasteiger partial charge in [-0.1, -0.05) is 31.2 Å². The number of aliphatic carboxylic acids is 1. The van der Waals surface area contributed by atoms with Crippen molar-refractivity contribution >= 4 is 5.97 Å². The second-order valence-electron chi connectivity index (χ2n) is 5.02. The number of hydrogen-bond donors (Lipinski definition) is 1. The number of nitrogens with zero attached hydrogens (tertiary/aromatic N) is 1. The lowest BCUT2D eigenvalue weighted by atomic mass is 10.1. The van der Waals surface area contributed by atoms with Crippen LogP contribution in [-0.4, -0.2) is 28.6 Å². The second-order valence-corrected chi connectivity index (χ2v) is 5.02. The Bertz CT molecular complexity index is 395. The van der Waals surface area contributed by atoms with Gasteiger partial charge >= 0.3 is 5.97 Å². The molecule has 0 atom stereocenters. The van der Waals surface area contributed by atoms with Crippen molar-refractivity contribution in [3.8, 4) is 0 Å². The average molecular weight is 247 g/mol. The van der Waals surface area contributed by atoms with Crippen molar-refractivity contribution < 1.29 is 9.90 Å². The van der Waals surface area contributed by atoms with Crippen LogP contribution in [0, 0.1) is 0 Å². The maximum absolute atomic E-state index is 10.7. The normalized spacial score (nSPS) is 15.0. The first kappa shape index (κ1) is 13.1. The Morgan fingerprint density at radius 1 is 1.28 bits per heavy atom. The summed E-state index contributed by atoms with van der Waals surface area (Å²) < 4.78 is 0. The molecule has 0 radical (unpaired) electrons. The zero-order valence-electron chi connectivity index (χ0n) is 10.9. The fourth-order valence-corrected chi connectivity index (χ4v) is 2.18. The number of carboxylic acids is 1. The first-order valence-electron chi connectivity index (χ1n) is 6.72. The van der Waals surface area contributed by atoms with Gasteiger partial charge in [0.05, 0.1) is 6.42 Å². The summed E-state index contributed by atoms with van der Waals surface area (Å²) in [5, 5.41) is 8.77. The Morgan fingerprint density at radius 2 is 1.89 bits per heavy atom. The fraction of sp³-hybridized carbons (Fsp3) is 0.533. The number of rotatable bonds is 7. The first-order chi connectivity index (χ1) is 8.69. The van der Waals surface area contributed by atoms with Crippen LogP contribution in [0.4, 0.5) is 0 Å². The molecule has 1 aliphatic rings. The number of benzene rings is 1.